The van der Waals surface area contributed by atoms with Gasteiger partial charge in [-0.3, -0.25) is 4.79 Å². The lowest BCUT2D eigenvalue weighted by Crippen LogP contribution is -2.27. The van der Waals surface area contributed by atoms with Crippen LogP contribution < -0.4 is 5.73 Å². The molecule has 4 heteroatoms. The average molecular weight is 266 g/mol. The number of hydrogen-bond donors (Lipinski definition) is 1. The molecule has 0 spiro atoms. The number of nitrogens with two attached hydrogens (primary N) is 1. The fraction of sp³-hybridized carbons (Fsp3) is 0.500. The minimum Gasteiger partial charge on any atom is -0.341 e. The summed E-state index contributed by atoms with van der Waals surface area (Å²) in [6, 6.07) is 8.29. The number of benzene rings is 1. The first-order valence-electron chi connectivity index (χ1n) is 6.21. The van der Waals surface area contributed by atoms with Gasteiger partial charge in [0.15, 0.2) is 0 Å². The Morgan fingerprint density at radius 1 is 1.33 bits per heavy atom. The van der Waals surface area contributed by atoms with E-state index >= 15 is 0 Å². The summed E-state index contributed by atoms with van der Waals surface area (Å²) in [4.78, 5) is 13.6. The zero-order valence-electron chi connectivity index (χ0n) is 11.2. The zero-order valence-corrected chi connectivity index (χ0v) is 12.0. The van der Waals surface area contributed by atoms with Crippen molar-refractivity contribution in [2.24, 2.45) is 5.73 Å². The molecule has 0 bridgehead atoms. The van der Waals surface area contributed by atoms with Crippen molar-refractivity contribution in [3.8, 4) is 0 Å². The normalized spacial score (nSPS) is 10.4. The van der Waals surface area contributed by atoms with Gasteiger partial charge in [0, 0.05) is 13.6 Å². The summed E-state index contributed by atoms with van der Waals surface area (Å²) in [6.45, 7) is 3.43. The molecule has 1 amide bonds. The van der Waals surface area contributed by atoms with Gasteiger partial charge in [-0.1, -0.05) is 29.8 Å². The summed E-state index contributed by atoms with van der Waals surface area (Å²) in [5.41, 5.74) is 7.82. The van der Waals surface area contributed by atoms with Crippen LogP contribution in [0.4, 0.5) is 0 Å². The van der Waals surface area contributed by atoms with Gasteiger partial charge in [0.1, 0.15) is 0 Å². The third kappa shape index (κ3) is 5.56. The van der Waals surface area contributed by atoms with E-state index in [-0.39, 0.29) is 5.91 Å². The van der Waals surface area contributed by atoms with Crippen molar-refractivity contribution >= 4 is 17.7 Å². The molecule has 0 aliphatic carbocycles. The zero-order chi connectivity index (χ0) is 13.4. The van der Waals surface area contributed by atoms with Gasteiger partial charge in [-0.25, -0.2) is 0 Å². The largest absolute Gasteiger partial charge is 0.341 e. The second kappa shape index (κ2) is 8.16. The van der Waals surface area contributed by atoms with Crippen LogP contribution in [-0.2, 0) is 11.3 Å². The maximum atomic E-state index is 11.9. The summed E-state index contributed by atoms with van der Waals surface area (Å²) in [7, 11) is 1.85. The van der Waals surface area contributed by atoms with Gasteiger partial charge in [0.2, 0.25) is 5.91 Å². The molecule has 100 valence electrons. The van der Waals surface area contributed by atoms with E-state index in [1.807, 2.05) is 7.05 Å². The lowest BCUT2D eigenvalue weighted by molar-refractivity contribution is -0.127. The summed E-state index contributed by atoms with van der Waals surface area (Å²) in [5, 5.41) is 0. The Morgan fingerprint density at radius 3 is 2.61 bits per heavy atom. The van der Waals surface area contributed by atoms with Crippen molar-refractivity contribution in [2.45, 2.75) is 19.9 Å². The smallest absolute Gasteiger partial charge is 0.232 e. The molecule has 0 saturated carbocycles. The van der Waals surface area contributed by atoms with Crippen molar-refractivity contribution in [2.75, 3.05) is 25.1 Å². The van der Waals surface area contributed by atoms with Crippen LogP contribution >= 0.6 is 11.8 Å². The monoisotopic (exact) mass is 266 g/mol. The Morgan fingerprint density at radius 2 is 2.00 bits per heavy atom. The fourth-order valence-electron chi connectivity index (χ4n) is 1.51. The first-order valence-corrected chi connectivity index (χ1v) is 7.36. The van der Waals surface area contributed by atoms with Gasteiger partial charge in [0.05, 0.1) is 5.75 Å². The number of carbonyl (C=O) groups is 1. The molecule has 2 N–H and O–H groups in total. The topological polar surface area (TPSA) is 46.3 Å². The van der Waals surface area contributed by atoms with E-state index in [2.05, 4.69) is 31.2 Å². The first kappa shape index (κ1) is 15.1. The minimum atomic E-state index is 0.178. The van der Waals surface area contributed by atoms with E-state index in [4.69, 9.17) is 5.73 Å². The fourth-order valence-corrected chi connectivity index (χ4v) is 2.42. The predicted octanol–water partition coefficient (Wildman–Crippen LogP) is 2.04. The Hall–Kier alpha value is -1.00. The molecule has 0 radical (unpaired) electrons. The summed E-state index contributed by atoms with van der Waals surface area (Å²) in [5.74, 6) is 1.68. The van der Waals surface area contributed by atoms with Crippen molar-refractivity contribution in [3.05, 3.63) is 35.4 Å². The Kier molecular flexibility index (Phi) is 6.83. The van der Waals surface area contributed by atoms with Crippen LogP contribution in [0.1, 0.15) is 17.5 Å². The first-order chi connectivity index (χ1) is 8.63. The molecular weight excluding hydrogens is 244 g/mol. The molecular formula is C14H22N2OS. The highest BCUT2D eigenvalue weighted by Gasteiger charge is 2.08. The molecule has 0 atom stereocenters. The molecule has 18 heavy (non-hydrogen) atoms. The van der Waals surface area contributed by atoms with Gasteiger partial charge in [-0.05, 0) is 31.2 Å². The van der Waals surface area contributed by atoms with Crippen LogP contribution in [0.15, 0.2) is 24.3 Å². The SMILES string of the molecule is Cc1ccc(CN(C)C(=O)CSCCCN)cc1. The quantitative estimate of drug-likeness (QED) is 0.768. The van der Waals surface area contributed by atoms with Gasteiger partial charge < -0.3 is 10.6 Å². The highest BCUT2D eigenvalue weighted by Crippen LogP contribution is 2.08. The van der Waals surface area contributed by atoms with E-state index in [1.165, 1.54) is 11.1 Å². The standard InChI is InChI=1S/C14H22N2OS/c1-12-4-6-13(7-5-12)10-16(2)14(17)11-18-9-3-8-15/h4-7H,3,8-11,15H2,1-2H3. The van der Waals surface area contributed by atoms with E-state index < -0.39 is 0 Å². The number of nitrogens with zero attached hydrogens (tertiary/aromatic N) is 1. The van der Waals surface area contributed by atoms with Crippen LogP contribution in [0.2, 0.25) is 0 Å². The van der Waals surface area contributed by atoms with Crippen LogP contribution in [0, 0.1) is 6.92 Å². The van der Waals surface area contributed by atoms with Crippen molar-refractivity contribution < 1.29 is 4.79 Å². The molecule has 0 aliphatic rings. The van der Waals surface area contributed by atoms with E-state index in [0.717, 1.165) is 12.2 Å². The number of carbonyl (C=O) groups excluding carboxylic acids is 1. The number of hydrogen-bond acceptors (Lipinski definition) is 3. The van der Waals surface area contributed by atoms with Crippen LogP contribution in [0.3, 0.4) is 0 Å². The van der Waals surface area contributed by atoms with E-state index in [1.54, 1.807) is 16.7 Å². The van der Waals surface area contributed by atoms with Gasteiger partial charge in [-0.2, -0.15) is 11.8 Å². The number of aryl methyl sites for hydroxylation is 1. The van der Waals surface area contributed by atoms with Gasteiger partial charge >= 0.3 is 0 Å². The Balaban J connectivity index is 2.33. The minimum absolute atomic E-state index is 0.178. The molecule has 1 rings (SSSR count). The highest BCUT2D eigenvalue weighted by atomic mass is 32.2. The highest BCUT2D eigenvalue weighted by molar-refractivity contribution is 7.99. The van der Waals surface area contributed by atoms with Crippen LogP contribution in [0.5, 0.6) is 0 Å². The summed E-state index contributed by atoms with van der Waals surface area (Å²) in [6.07, 6.45) is 0.972. The Bertz CT molecular complexity index is 365. The molecule has 0 heterocycles. The van der Waals surface area contributed by atoms with Gasteiger partial charge in [0.25, 0.3) is 0 Å². The molecule has 0 aromatic heterocycles. The molecule has 0 unspecified atom stereocenters. The number of amides is 1. The molecule has 0 saturated heterocycles. The second-order valence-electron chi connectivity index (χ2n) is 4.43. The second-order valence-corrected chi connectivity index (χ2v) is 5.54. The third-order valence-corrected chi connectivity index (χ3v) is 3.71. The van der Waals surface area contributed by atoms with Crippen molar-refractivity contribution in [1.82, 2.24) is 4.90 Å². The Labute approximate surface area is 114 Å². The number of rotatable bonds is 7. The average Bonchev–Trinajstić information content (AvgIpc) is 2.37. The lowest BCUT2D eigenvalue weighted by atomic mass is 10.1. The predicted molar refractivity (Wildman–Crippen MR) is 78.6 cm³/mol. The molecule has 3 nitrogen and oxygen atoms in total. The van der Waals surface area contributed by atoms with Gasteiger partial charge in [-0.15, -0.1) is 0 Å². The molecule has 1 aromatic carbocycles. The molecule has 0 aliphatic heterocycles. The summed E-state index contributed by atoms with van der Waals surface area (Å²) < 4.78 is 0. The van der Waals surface area contributed by atoms with Crippen molar-refractivity contribution in [1.29, 1.82) is 0 Å². The van der Waals surface area contributed by atoms with Crippen LogP contribution in [-0.4, -0.2) is 35.9 Å². The molecule has 1 aromatic rings. The van der Waals surface area contributed by atoms with E-state index in [9.17, 15) is 4.79 Å². The summed E-state index contributed by atoms with van der Waals surface area (Å²) >= 11 is 1.66. The number of thioether (sulfide) groups is 1. The maximum Gasteiger partial charge on any atom is 0.232 e. The van der Waals surface area contributed by atoms with E-state index in [0.29, 0.717) is 18.8 Å². The molecule has 0 fully saturated rings. The lowest BCUT2D eigenvalue weighted by Gasteiger charge is -2.17. The maximum absolute atomic E-state index is 11.9. The third-order valence-electron chi connectivity index (χ3n) is 2.68. The van der Waals surface area contributed by atoms with Crippen molar-refractivity contribution in [3.63, 3.8) is 0 Å². The van der Waals surface area contributed by atoms with Crippen LogP contribution in [0.25, 0.3) is 0 Å².